The van der Waals surface area contributed by atoms with Crippen LogP contribution in [0.5, 0.6) is 0 Å². The van der Waals surface area contributed by atoms with E-state index in [9.17, 15) is 15.0 Å². The van der Waals surface area contributed by atoms with Crippen molar-refractivity contribution < 1.29 is 20.1 Å². The van der Waals surface area contributed by atoms with Crippen LogP contribution in [0.15, 0.2) is 0 Å². The van der Waals surface area contributed by atoms with Gasteiger partial charge in [-0.1, -0.05) is 96.8 Å². The van der Waals surface area contributed by atoms with Crippen molar-refractivity contribution in [1.82, 2.24) is 5.32 Å². The summed E-state index contributed by atoms with van der Waals surface area (Å²) in [6.45, 7) is 1.82. The lowest BCUT2D eigenvalue weighted by Crippen LogP contribution is -2.47. The van der Waals surface area contributed by atoms with Gasteiger partial charge in [-0.05, 0) is 6.42 Å². The molecular formula is C20H41NO4. The van der Waals surface area contributed by atoms with Gasteiger partial charge in [-0.2, -0.15) is 0 Å². The minimum absolute atomic E-state index is 0.165. The maximum absolute atomic E-state index is 10.4. The van der Waals surface area contributed by atoms with E-state index < -0.39 is 18.4 Å². The van der Waals surface area contributed by atoms with E-state index >= 15 is 0 Å². The van der Waals surface area contributed by atoms with Crippen molar-refractivity contribution in [2.45, 2.75) is 116 Å². The Labute approximate surface area is 154 Å². The largest absolute Gasteiger partial charge is 0.480 e. The van der Waals surface area contributed by atoms with E-state index in [0.29, 0.717) is 6.42 Å². The molecule has 5 heteroatoms. The lowest BCUT2D eigenvalue weighted by Gasteiger charge is -2.21. The first-order valence-electron chi connectivity index (χ1n) is 10.4. The average Bonchev–Trinajstić information content (AvgIpc) is 2.56. The summed E-state index contributed by atoms with van der Waals surface area (Å²) in [4.78, 5) is 10.4. The van der Waals surface area contributed by atoms with Gasteiger partial charge in [-0.3, -0.25) is 10.1 Å². The van der Waals surface area contributed by atoms with Gasteiger partial charge in [0.25, 0.3) is 0 Å². The highest BCUT2D eigenvalue weighted by Gasteiger charge is 2.22. The third-order valence-corrected chi connectivity index (χ3v) is 4.65. The van der Waals surface area contributed by atoms with Crippen LogP contribution in [-0.4, -0.2) is 33.7 Å². The molecule has 0 atom stereocenters. The third-order valence-electron chi connectivity index (χ3n) is 4.65. The van der Waals surface area contributed by atoms with Gasteiger partial charge in [0.1, 0.15) is 0 Å². The normalized spacial score (nSPS) is 11.8. The van der Waals surface area contributed by atoms with E-state index in [1.807, 2.05) is 0 Å². The standard InChI is InChI=1S/C20H41NO4/c1-2-3-4-5-6-7-8-9-10-11-12-13-14-15-16-17-20(24,25)21-18-19(22)23/h21,24-25H,2-18H2,1H3,(H,22,23). The molecule has 0 bridgehead atoms. The molecule has 0 spiro atoms. The monoisotopic (exact) mass is 359 g/mol. The van der Waals surface area contributed by atoms with Crippen LogP contribution in [0.2, 0.25) is 0 Å². The molecule has 0 aromatic heterocycles. The Balaban J connectivity index is 3.22. The van der Waals surface area contributed by atoms with Crippen LogP contribution < -0.4 is 5.32 Å². The van der Waals surface area contributed by atoms with E-state index in [-0.39, 0.29) is 6.42 Å². The zero-order valence-corrected chi connectivity index (χ0v) is 16.3. The summed E-state index contributed by atoms with van der Waals surface area (Å²) in [5.74, 6) is -3.15. The number of hydrogen-bond acceptors (Lipinski definition) is 4. The molecule has 0 saturated carbocycles. The first-order valence-corrected chi connectivity index (χ1v) is 10.4. The minimum atomic E-state index is -2.06. The van der Waals surface area contributed by atoms with Crippen LogP contribution in [0.25, 0.3) is 0 Å². The minimum Gasteiger partial charge on any atom is -0.480 e. The van der Waals surface area contributed by atoms with Crippen LogP contribution in [0.4, 0.5) is 0 Å². The Morgan fingerprint density at radius 3 is 1.44 bits per heavy atom. The molecule has 0 aliphatic carbocycles. The molecule has 150 valence electrons. The molecule has 0 radical (unpaired) electrons. The zero-order valence-electron chi connectivity index (χ0n) is 16.3. The SMILES string of the molecule is CCCCCCCCCCCCCCCCCC(O)(O)NCC(=O)O. The highest BCUT2D eigenvalue weighted by atomic mass is 16.5. The summed E-state index contributed by atoms with van der Waals surface area (Å²) in [5.41, 5.74) is 0. The Bertz CT molecular complexity index is 308. The molecule has 4 N–H and O–H groups in total. The van der Waals surface area contributed by atoms with Crippen LogP contribution >= 0.6 is 0 Å². The molecule has 25 heavy (non-hydrogen) atoms. The van der Waals surface area contributed by atoms with Crippen LogP contribution in [0.3, 0.4) is 0 Å². The van der Waals surface area contributed by atoms with Crippen molar-refractivity contribution in [1.29, 1.82) is 0 Å². The van der Waals surface area contributed by atoms with Gasteiger partial charge in [0, 0.05) is 6.42 Å². The number of rotatable bonds is 19. The first-order chi connectivity index (χ1) is 12.0. The van der Waals surface area contributed by atoms with Gasteiger partial charge >= 0.3 is 5.97 Å². The number of aliphatic hydroxyl groups is 2. The van der Waals surface area contributed by atoms with Gasteiger partial charge in [0.2, 0.25) is 5.91 Å². The highest BCUT2D eigenvalue weighted by molar-refractivity contribution is 5.69. The van der Waals surface area contributed by atoms with Gasteiger partial charge in [0.15, 0.2) is 0 Å². The second-order valence-electron chi connectivity index (χ2n) is 7.26. The topological polar surface area (TPSA) is 89.8 Å². The van der Waals surface area contributed by atoms with Crippen LogP contribution in [-0.2, 0) is 4.79 Å². The Morgan fingerprint density at radius 2 is 1.08 bits per heavy atom. The molecule has 5 nitrogen and oxygen atoms in total. The second-order valence-corrected chi connectivity index (χ2v) is 7.26. The lowest BCUT2D eigenvalue weighted by atomic mass is 10.0. The number of carboxylic acid groups (broad SMARTS) is 1. The number of carboxylic acids is 1. The molecule has 0 aromatic carbocycles. The van der Waals surface area contributed by atoms with E-state index in [2.05, 4.69) is 12.2 Å². The molecule has 0 aliphatic rings. The Kier molecular flexibility index (Phi) is 16.4. The second kappa shape index (κ2) is 16.8. The van der Waals surface area contributed by atoms with E-state index in [1.165, 1.54) is 77.0 Å². The van der Waals surface area contributed by atoms with Crippen molar-refractivity contribution in [3.63, 3.8) is 0 Å². The lowest BCUT2D eigenvalue weighted by molar-refractivity contribution is -0.193. The summed E-state index contributed by atoms with van der Waals surface area (Å²) in [7, 11) is 0. The quantitative estimate of drug-likeness (QED) is 0.200. The maximum atomic E-state index is 10.4. The molecule has 0 heterocycles. The average molecular weight is 360 g/mol. The number of carbonyl (C=O) groups is 1. The molecule has 0 unspecified atom stereocenters. The molecule has 0 aliphatic heterocycles. The Hall–Kier alpha value is -0.650. The predicted molar refractivity (Wildman–Crippen MR) is 102 cm³/mol. The molecule has 0 saturated heterocycles. The number of aliphatic carboxylic acids is 1. The summed E-state index contributed by atoms with van der Waals surface area (Å²) in [6.07, 6.45) is 19.1. The van der Waals surface area contributed by atoms with Crippen molar-refractivity contribution in [2.24, 2.45) is 0 Å². The molecule has 0 fully saturated rings. The summed E-state index contributed by atoms with van der Waals surface area (Å²) in [6, 6.07) is 0. The van der Waals surface area contributed by atoms with Gasteiger partial charge in [-0.25, -0.2) is 0 Å². The summed E-state index contributed by atoms with van der Waals surface area (Å²) in [5, 5.41) is 29.8. The fraction of sp³-hybridized carbons (Fsp3) is 0.950. The summed E-state index contributed by atoms with van der Waals surface area (Å²) >= 11 is 0. The zero-order chi connectivity index (χ0) is 18.8. The van der Waals surface area contributed by atoms with Crippen molar-refractivity contribution in [3.8, 4) is 0 Å². The molecule has 0 aromatic rings. The smallest absolute Gasteiger partial charge is 0.317 e. The first kappa shape index (κ1) is 24.4. The molecular weight excluding hydrogens is 318 g/mol. The fourth-order valence-corrected chi connectivity index (χ4v) is 3.05. The van der Waals surface area contributed by atoms with Gasteiger partial charge in [-0.15, -0.1) is 0 Å². The summed E-state index contributed by atoms with van der Waals surface area (Å²) < 4.78 is 0. The third kappa shape index (κ3) is 19.5. The van der Waals surface area contributed by atoms with Crippen molar-refractivity contribution in [3.05, 3.63) is 0 Å². The van der Waals surface area contributed by atoms with Gasteiger partial charge < -0.3 is 15.3 Å². The predicted octanol–water partition coefficient (Wildman–Crippen LogP) is 4.56. The number of unbranched alkanes of at least 4 members (excludes halogenated alkanes) is 14. The van der Waals surface area contributed by atoms with Crippen LogP contribution in [0.1, 0.15) is 110 Å². The maximum Gasteiger partial charge on any atom is 0.317 e. The number of nitrogens with one attached hydrogen (secondary N) is 1. The molecule has 0 amide bonds. The number of hydrogen-bond donors (Lipinski definition) is 4. The van der Waals surface area contributed by atoms with Gasteiger partial charge in [0.05, 0.1) is 6.54 Å². The Morgan fingerprint density at radius 1 is 0.720 bits per heavy atom. The fourth-order valence-electron chi connectivity index (χ4n) is 3.05. The van der Waals surface area contributed by atoms with Crippen LogP contribution in [0, 0.1) is 0 Å². The van der Waals surface area contributed by atoms with Crippen molar-refractivity contribution in [2.75, 3.05) is 6.54 Å². The van der Waals surface area contributed by atoms with E-state index in [0.717, 1.165) is 12.8 Å². The highest BCUT2D eigenvalue weighted by Crippen LogP contribution is 2.15. The molecule has 0 rings (SSSR count). The van der Waals surface area contributed by atoms with E-state index in [1.54, 1.807) is 0 Å². The van der Waals surface area contributed by atoms with Crippen molar-refractivity contribution >= 4 is 5.97 Å². The van der Waals surface area contributed by atoms with E-state index in [4.69, 9.17) is 5.11 Å².